The highest BCUT2D eigenvalue weighted by molar-refractivity contribution is 7.53. The van der Waals surface area contributed by atoms with Gasteiger partial charge in [-0.1, -0.05) is 123 Å². The largest absolute Gasteiger partial charge is 0.473 e. The molecule has 1 atom stereocenters. The van der Waals surface area contributed by atoms with Gasteiger partial charge in [0.15, 0.2) is 5.60 Å². The molecular weight excluding hydrogens is 567 g/mol. The van der Waals surface area contributed by atoms with Gasteiger partial charge in [0.2, 0.25) is 0 Å². The zero-order valence-electron chi connectivity index (χ0n) is 25.3. The Hall–Kier alpha value is -4.15. The minimum Gasteiger partial charge on any atom is -0.473 e. The molecule has 5 aromatic carbocycles. The quantitative estimate of drug-likeness (QED) is 0.0877. The lowest BCUT2D eigenvalue weighted by Gasteiger charge is -2.36. The van der Waals surface area contributed by atoms with E-state index in [0.29, 0.717) is 30.0 Å². The SMILES string of the molecule is CCCCP(=O)(OCC)OCc1cccc(Oc2cccc(OC(c3ccccc3)(c3ccccc3)c3ccccc3)c2)c1. The lowest BCUT2D eigenvalue weighted by Crippen LogP contribution is -2.36. The van der Waals surface area contributed by atoms with Gasteiger partial charge in [-0.15, -0.1) is 0 Å². The van der Waals surface area contributed by atoms with E-state index in [0.717, 1.165) is 35.1 Å². The van der Waals surface area contributed by atoms with E-state index in [1.54, 1.807) is 0 Å². The first-order chi connectivity index (χ1) is 21.5. The van der Waals surface area contributed by atoms with Crippen LogP contribution in [0.2, 0.25) is 0 Å². The molecule has 0 radical (unpaired) electrons. The summed E-state index contributed by atoms with van der Waals surface area (Å²) in [5, 5.41) is 0. The Morgan fingerprint density at radius 3 is 1.66 bits per heavy atom. The number of hydrogen-bond acceptors (Lipinski definition) is 5. The molecule has 0 spiro atoms. The molecule has 0 amide bonds. The van der Waals surface area contributed by atoms with E-state index in [4.69, 9.17) is 18.5 Å². The summed E-state index contributed by atoms with van der Waals surface area (Å²) in [7, 11) is -3.14. The van der Waals surface area contributed by atoms with Crippen molar-refractivity contribution >= 4 is 7.60 Å². The molecule has 0 aromatic heterocycles. The average molecular weight is 607 g/mol. The van der Waals surface area contributed by atoms with Crippen LogP contribution in [-0.2, 0) is 25.8 Å². The third kappa shape index (κ3) is 7.67. The van der Waals surface area contributed by atoms with Crippen molar-refractivity contribution in [2.75, 3.05) is 12.8 Å². The second kappa shape index (κ2) is 15.0. The van der Waals surface area contributed by atoms with E-state index in [2.05, 4.69) is 43.3 Å². The van der Waals surface area contributed by atoms with Gasteiger partial charge in [0.05, 0.1) is 19.4 Å². The van der Waals surface area contributed by atoms with E-state index in [1.165, 1.54) is 0 Å². The standard InChI is InChI=1S/C38H39O5P/c1-3-5-27-44(39,40-4-2)41-30-31-17-15-24-35(28-31)42-36-25-16-26-37(29-36)43-38(32-18-9-6-10-19-32,33-20-11-7-12-21-33)34-22-13-8-14-23-34/h6-26,28-29H,3-5,27,30H2,1-2H3. The van der Waals surface area contributed by atoms with Gasteiger partial charge in [-0.2, -0.15) is 0 Å². The van der Waals surface area contributed by atoms with Crippen LogP contribution in [0, 0.1) is 0 Å². The van der Waals surface area contributed by atoms with Crippen molar-refractivity contribution in [2.24, 2.45) is 0 Å². The molecule has 0 aliphatic rings. The molecule has 0 heterocycles. The maximum Gasteiger partial charge on any atom is 0.330 e. The fourth-order valence-corrected chi connectivity index (χ4v) is 6.97. The molecule has 0 N–H and O–H groups in total. The van der Waals surface area contributed by atoms with Crippen LogP contribution in [0.3, 0.4) is 0 Å². The molecule has 0 saturated carbocycles. The summed E-state index contributed by atoms with van der Waals surface area (Å²) in [5.74, 6) is 1.93. The van der Waals surface area contributed by atoms with Crippen LogP contribution >= 0.6 is 7.60 Å². The lowest BCUT2D eigenvalue weighted by molar-refractivity contribution is 0.155. The van der Waals surface area contributed by atoms with Gasteiger partial charge >= 0.3 is 7.60 Å². The van der Waals surface area contributed by atoms with Crippen molar-refractivity contribution in [3.05, 3.63) is 162 Å². The highest BCUT2D eigenvalue weighted by atomic mass is 31.2. The highest BCUT2D eigenvalue weighted by Crippen LogP contribution is 2.49. The van der Waals surface area contributed by atoms with Crippen LogP contribution in [0.5, 0.6) is 17.2 Å². The minimum atomic E-state index is -3.14. The maximum atomic E-state index is 13.1. The Kier molecular flexibility index (Phi) is 10.7. The van der Waals surface area contributed by atoms with Gasteiger partial charge in [0.25, 0.3) is 0 Å². The average Bonchev–Trinajstić information content (AvgIpc) is 3.07. The van der Waals surface area contributed by atoms with Gasteiger partial charge in [0.1, 0.15) is 17.2 Å². The molecule has 0 saturated heterocycles. The first-order valence-electron chi connectivity index (χ1n) is 15.2. The fraction of sp³-hybridized carbons (Fsp3) is 0.211. The van der Waals surface area contributed by atoms with Gasteiger partial charge in [0, 0.05) is 22.8 Å². The Labute approximate surface area is 260 Å². The van der Waals surface area contributed by atoms with E-state index < -0.39 is 13.2 Å². The highest BCUT2D eigenvalue weighted by Gasteiger charge is 2.39. The third-order valence-electron chi connectivity index (χ3n) is 7.29. The van der Waals surface area contributed by atoms with Crippen molar-refractivity contribution < 1.29 is 23.1 Å². The molecule has 0 aliphatic carbocycles. The van der Waals surface area contributed by atoms with Crippen molar-refractivity contribution in [2.45, 2.75) is 38.9 Å². The van der Waals surface area contributed by atoms with Gasteiger partial charge in [-0.05, 0) is 43.2 Å². The van der Waals surface area contributed by atoms with Gasteiger partial charge < -0.3 is 18.5 Å². The molecule has 6 heteroatoms. The molecule has 44 heavy (non-hydrogen) atoms. The molecule has 0 bridgehead atoms. The van der Waals surface area contributed by atoms with Crippen LogP contribution < -0.4 is 9.47 Å². The molecular formula is C38H39O5P. The van der Waals surface area contributed by atoms with Crippen molar-refractivity contribution in [3.8, 4) is 17.2 Å². The molecule has 1 unspecified atom stereocenters. The molecule has 5 nitrogen and oxygen atoms in total. The number of rotatable bonds is 15. The first kappa shape index (κ1) is 31.3. The Morgan fingerprint density at radius 1 is 0.591 bits per heavy atom. The van der Waals surface area contributed by atoms with Crippen molar-refractivity contribution in [3.63, 3.8) is 0 Å². The summed E-state index contributed by atoms with van der Waals surface area (Å²) in [5.41, 5.74) is 2.99. The topological polar surface area (TPSA) is 54.0 Å². The third-order valence-corrected chi connectivity index (χ3v) is 9.33. The van der Waals surface area contributed by atoms with E-state index in [1.807, 2.05) is 110 Å². The Balaban J connectivity index is 1.42. The molecule has 5 aromatic rings. The predicted molar refractivity (Wildman–Crippen MR) is 177 cm³/mol. The van der Waals surface area contributed by atoms with E-state index >= 15 is 0 Å². The van der Waals surface area contributed by atoms with Crippen LogP contribution in [0.25, 0.3) is 0 Å². The maximum absolute atomic E-state index is 13.1. The van der Waals surface area contributed by atoms with E-state index in [-0.39, 0.29) is 6.61 Å². The molecule has 0 aliphatic heterocycles. The fourth-order valence-electron chi connectivity index (χ4n) is 5.20. The zero-order valence-corrected chi connectivity index (χ0v) is 26.2. The Morgan fingerprint density at radius 2 is 1.11 bits per heavy atom. The summed E-state index contributed by atoms with van der Waals surface area (Å²) in [6, 6.07) is 46.1. The van der Waals surface area contributed by atoms with Crippen LogP contribution in [0.1, 0.15) is 48.9 Å². The number of benzene rings is 5. The summed E-state index contributed by atoms with van der Waals surface area (Å²) in [6.45, 7) is 4.41. The van der Waals surface area contributed by atoms with Crippen molar-refractivity contribution in [1.82, 2.24) is 0 Å². The minimum absolute atomic E-state index is 0.176. The lowest BCUT2D eigenvalue weighted by atomic mass is 9.80. The summed E-state index contributed by atoms with van der Waals surface area (Å²) in [4.78, 5) is 0. The first-order valence-corrected chi connectivity index (χ1v) is 16.9. The van der Waals surface area contributed by atoms with Gasteiger partial charge in [-0.3, -0.25) is 4.57 Å². The smallest absolute Gasteiger partial charge is 0.330 e. The van der Waals surface area contributed by atoms with Crippen LogP contribution in [0.15, 0.2) is 140 Å². The molecule has 226 valence electrons. The summed E-state index contributed by atoms with van der Waals surface area (Å²) >= 11 is 0. The van der Waals surface area contributed by atoms with Crippen LogP contribution in [-0.4, -0.2) is 12.8 Å². The number of unbranched alkanes of at least 4 members (excludes halogenated alkanes) is 1. The van der Waals surface area contributed by atoms with Crippen LogP contribution in [0.4, 0.5) is 0 Å². The molecule has 5 rings (SSSR count). The second-order valence-corrected chi connectivity index (χ2v) is 12.7. The zero-order chi connectivity index (χ0) is 30.7. The summed E-state index contributed by atoms with van der Waals surface area (Å²) < 4.78 is 37.8. The monoisotopic (exact) mass is 606 g/mol. The predicted octanol–water partition coefficient (Wildman–Crippen LogP) is 10.4. The van der Waals surface area contributed by atoms with Crippen molar-refractivity contribution in [1.29, 1.82) is 0 Å². The van der Waals surface area contributed by atoms with Gasteiger partial charge in [-0.25, -0.2) is 0 Å². The van der Waals surface area contributed by atoms with E-state index in [9.17, 15) is 4.57 Å². The second-order valence-electron chi connectivity index (χ2n) is 10.5. The summed E-state index contributed by atoms with van der Waals surface area (Å²) in [6.07, 6.45) is 2.13. The molecule has 0 fully saturated rings. The normalized spacial score (nSPS) is 12.8. The Bertz CT molecular complexity index is 1540. The number of hydrogen-bond donors (Lipinski definition) is 0. The number of ether oxygens (including phenoxy) is 2.